The molecule has 0 saturated heterocycles. The average Bonchev–Trinajstić information content (AvgIpc) is 2.76. The van der Waals surface area contributed by atoms with E-state index in [0.29, 0.717) is 31.3 Å². The standard InChI is InChI=1S/C14H26N2O4S/c1-6-19-9-13(10(2)3)16-21(17,18)14-7-12(8-15-5)20-11(14)4/h7,10,13,15-16H,6,8-9H2,1-5H3. The third-order valence-electron chi connectivity index (χ3n) is 3.18. The molecule has 0 saturated carbocycles. The maximum Gasteiger partial charge on any atom is 0.244 e. The van der Waals surface area contributed by atoms with Crippen molar-refractivity contribution >= 4 is 10.0 Å². The molecule has 0 fully saturated rings. The van der Waals surface area contributed by atoms with E-state index in [2.05, 4.69) is 10.0 Å². The maximum atomic E-state index is 12.5. The van der Waals surface area contributed by atoms with Crippen LogP contribution in [0.1, 0.15) is 32.3 Å². The second kappa shape index (κ2) is 7.93. The van der Waals surface area contributed by atoms with E-state index in [1.807, 2.05) is 20.8 Å². The summed E-state index contributed by atoms with van der Waals surface area (Å²) in [6.07, 6.45) is 0. The topological polar surface area (TPSA) is 80.6 Å². The minimum Gasteiger partial charge on any atom is -0.464 e. The molecule has 0 aromatic carbocycles. The van der Waals surface area contributed by atoms with Crippen LogP contribution in [-0.4, -0.2) is 34.7 Å². The fourth-order valence-electron chi connectivity index (χ4n) is 1.92. The first-order chi connectivity index (χ1) is 9.81. The molecule has 0 spiro atoms. The average molecular weight is 318 g/mol. The lowest BCUT2D eigenvalue weighted by molar-refractivity contribution is 0.116. The normalized spacial score (nSPS) is 13.8. The maximum absolute atomic E-state index is 12.5. The van der Waals surface area contributed by atoms with E-state index in [1.165, 1.54) is 0 Å². The number of furan rings is 1. The van der Waals surface area contributed by atoms with Gasteiger partial charge in [-0.05, 0) is 26.8 Å². The highest BCUT2D eigenvalue weighted by Crippen LogP contribution is 2.21. The molecule has 1 unspecified atom stereocenters. The van der Waals surface area contributed by atoms with Gasteiger partial charge in [0.25, 0.3) is 0 Å². The van der Waals surface area contributed by atoms with Crippen LogP contribution in [0.25, 0.3) is 0 Å². The number of hydrogen-bond donors (Lipinski definition) is 2. The van der Waals surface area contributed by atoms with Gasteiger partial charge in [-0.3, -0.25) is 0 Å². The van der Waals surface area contributed by atoms with Crippen molar-refractivity contribution in [2.24, 2.45) is 5.92 Å². The quantitative estimate of drug-likeness (QED) is 0.723. The molecule has 1 aromatic heterocycles. The van der Waals surface area contributed by atoms with E-state index in [1.54, 1.807) is 20.0 Å². The summed E-state index contributed by atoms with van der Waals surface area (Å²) in [5.41, 5.74) is 0. The highest BCUT2D eigenvalue weighted by Gasteiger charge is 2.26. The Kier molecular flexibility index (Phi) is 6.86. The largest absolute Gasteiger partial charge is 0.464 e. The number of nitrogens with one attached hydrogen (secondary N) is 2. The molecular weight excluding hydrogens is 292 g/mol. The predicted molar refractivity (Wildman–Crippen MR) is 81.6 cm³/mol. The van der Waals surface area contributed by atoms with Crippen LogP contribution in [0, 0.1) is 12.8 Å². The lowest BCUT2D eigenvalue weighted by atomic mass is 10.1. The fraction of sp³-hybridized carbons (Fsp3) is 0.714. The second-order valence-electron chi connectivity index (χ2n) is 5.29. The lowest BCUT2D eigenvalue weighted by Crippen LogP contribution is -2.41. The summed E-state index contributed by atoms with van der Waals surface area (Å²) in [4.78, 5) is 0.190. The Morgan fingerprint density at radius 2 is 2.05 bits per heavy atom. The molecule has 21 heavy (non-hydrogen) atoms. The molecule has 0 amide bonds. The second-order valence-corrected chi connectivity index (χ2v) is 6.98. The first kappa shape index (κ1) is 18.2. The van der Waals surface area contributed by atoms with Gasteiger partial charge in [0.1, 0.15) is 16.4 Å². The summed E-state index contributed by atoms with van der Waals surface area (Å²) < 4.78 is 38.5. The predicted octanol–water partition coefficient (Wildman–Crippen LogP) is 1.65. The Balaban J connectivity index is 2.93. The molecule has 1 heterocycles. The molecular formula is C14H26N2O4S. The van der Waals surface area contributed by atoms with Crippen molar-refractivity contribution in [1.29, 1.82) is 0 Å². The molecule has 0 aliphatic heterocycles. The zero-order valence-electron chi connectivity index (χ0n) is 13.4. The lowest BCUT2D eigenvalue weighted by Gasteiger charge is -2.21. The van der Waals surface area contributed by atoms with Gasteiger partial charge in [-0.15, -0.1) is 0 Å². The Hall–Kier alpha value is -0.890. The molecule has 7 heteroatoms. The zero-order chi connectivity index (χ0) is 16.0. The van der Waals surface area contributed by atoms with Crippen LogP contribution in [0.2, 0.25) is 0 Å². The van der Waals surface area contributed by atoms with Gasteiger partial charge >= 0.3 is 0 Å². The minimum atomic E-state index is -3.61. The van der Waals surface area contributed by atoms with Gasteiger partial charge in [0.2, 0.25) is 10.0 Å². The number of ether oxygens (including phenoxy) is 1. The molecule has 1 rings (SSSR count). The van der Waals surface area contributed by atoms with Crippen LogP contribution in [-0.2, 0) is 21.3 Å². The summed E-state index contributed by atoms with van der Waals surface area (Å²) >= 11 is 0. The molecule has 0 aliphatic rings. The Morgan fingerprint density at radius 1 is 1.38 bits per heavy atom. The number of hydrogen-bond acceptors (Lipinski definition) is 5. The first-order valence-corrected chi connectivity index (χ1v) is 8.64. The van der Waals surface area contributed by atoms with Crippen LogP contribution in [0.4, 0.5) is 0 Å². The van der Waals surface area contributed by atoms with Crippen molar-refractivity contribution in [3.8, 4) is 0 Å². The highest BCUT2D eigenvalue weighted by molar-refractivity contribution is 7.89. The fourth-order valence-corrected chi connectivity index (χ4v) is 3.49. The minimum absolute atomic E-state index is 0.135. The Morgan fingerprint density at radius 3 is 2.57 bits per heavy atom. The Labute approximate surface area is 127 Å². The third-order valence-corrected chi connectivity index (χ3v) is 4.77. The number of rotatable bonds is 9. The van der Waals surface area contributed by atoms with Gasteiger partial charge in [0.05, 0.1) is 13.2 Å². The van der Waals surface area contributed by atoms with Crippen LogP contribution >= 0.6 is 0 Å². The van der Waals surface area contributed by atoms with Gasteiger partial charge in [-0.2, -0.15) is 0 Å². The van der Waals surface area contributed by atoms with Crippen molar-refractivity contribution in [1.82, 2.24) is 10.0 Å². The molecule has 6 nitrogen and oxygen atoms in total. The third kappa shape index (κ3) is 5.10. The van der Waals surface area contributed by atoms with E-state index >= 15 is 0 Å². The highest BCUT2D eigenvalue weighted by atomic mass is 32.2. The van der Waals surface area contributed by atoms with E-state index < -0.39 is 10.0 Å². The van der Waals surface area contributed by atoms with E-state index in [4.69, 9.17) is 9.15 Å². The van der Waals surface area contributed by atoms with Crippen LogP contribution in [0.3, 0.4) is 0 Å². The summed E-state index contributed by atoms with van der Waals surface area (Å²) in [5, 5.41) is 2.93. The summed E-state index contributed by atoms with van der Waals surface area (Å²) in [6, 6.07) is 1.30. The van der Waals surface area contributed by atoms with Gasteiger partial charge in [0, 0.05) is 18.7 Å². The molecule has 0 radical (unpaired) electrons. The van der Waals surface area contributed by atoms with Crippen molar-refractivity contribution in [3.05, 3.63) is 17.6 Å². The van der Waals surface area contributed by atoms with Crippen LogP contribution < -0.4 is 10.0 Å². The first-order valence-electron chi connectivity index (χ1n) is 7.15. The molecule has 2 N–H and O–H groups in total. The van der Waals surface area contributed by atoms with Crippen molar-refractivity contribution < 1.29 is 17.6 Å². The van der Waals surface area contributed by atoms with E-state index in [0.717, 1.165) is 0 Å². The summed E-state index contributed by atoms with van der Waals surface area (Å²) in [5.74, 6) is 1.13. The molecule has 1 aromatic rings. The SMILES string of the molecule is CCOCC(NS(=O)(=O)c1cc(CNC)oc1C)C(C)C. The molecule has 0 bridgehead atoms. The summed E-state index contributed by atoms with van der Waals surface area (Å²) in [6.45, 7) is 8.86. The molecule has 122 valence electrons. The van der Waals surface area contributed by atoms with Gasteiger partial charge in [0.15, 0.2) is 0 Å². The van der Waals surface area contributed by atoms with E-state index in [-0.39, 0.29) is 16.9 Å². The zero-order valence-corrected chi connectivity index (χ0v) is 14.2. The Bertz CT molecular complexity index is 537. The van der Waals surface area contributed by atoms with Crippen molar-refractivity contribution in [2.45, 2.75) is 45.2 Å². The number of aryl methyl sites for hydroxylation is 1. The van der Waals surface area contributed by atoms with Gasteiger partial charge in [-0.25, -0.2) is 13.1 Å². The van der Waals surface area contributed by atoms with Gasteiger partial charge < -0.3 is 14.5 Å². The monoisotopic (exact) mass is 318 g/mol. The van der Waals surface area contributed by atoms with Gasteiger partial charge in [-0.1, -0.05) is 13.8 Å². The van der Waals surface area contributed by atoms with Crippen molar-refractivity contribution in [2.75, 3.05) is 20.3 Å². The van der Waals surface area contributed by atoms with Crippen molar-refractivity contribution in [3.63, 3.8) is 0 Å². The molecule has 0 aliphatic carbocycles. The van der Waals surface area contributed by atoms with Crippen LogP contribution in [0.5, 0.6) is 0 Å². The van der Waals surface area contributed by atoms with Crippen LogP contribution in [0.15, 0.2) is 15.4 Å². The number of sulfonamides is 1. The van der Waals surface area contributed by atoms with E-state index in [9.17, 15) is 8.42 Å². The summed E-state index contributed by atoms with van der Waals surface area (Å²) in [7, 11) is -1.84. The molecule has 1 atom stereocenters. The smallest absolute Gasteiger partial charge is 0.244 e.